The minimum absolute atomic E-state index is 0. The molecule has 0 amide bonds. The van der Waals surface area contributed by atoms with E-state index in [-0.39, 0.29) is 30.0 Å². The number of halogens is 1. The highest BCUT2D eigenvalue weighted by molar-refractivity contribution is 14.0. The van der Waals surface area contributed by atoms with E-state index in [1.165, 1.54) is 18.4 Å². The third-order valence-corrected chi connectivity index (χ3v) is 4.91. The maximum Gasteiger partial charge on any atom is 0.188 e. The monoisotopic (exact) mass is 495 g/mol. The SMILES string of the molecule is COc1cccc(C(CN=C(N)NCCc2ccccn2)N2CCCC2)c1.I. The van der Waals surface area contributed by atoms with Crippen LogP contribution in [0.1, 0.15) is 30.1 Å². The van der Waals surface area contributed by atoms with Crippen LogP contribution in [0.4, 0.5) is 0 Å². The van der Waals surface area contributed by atoms with Gasteiger partial charge in [-0.3, -0.25) is 14.9 Å². The van der Waals surface area contributed by atoms with Crippen molar-refractivity contribution < 1.29 is 4.74 Å². The second kappa shape index (κ2) is 11.9. The van der Waals surface area contributed by atoms with Gasteiger partial charge in [0.25, 0.3) is 0 Å². The summed E-state index contributed by atoms with van der Waals surface area (Å²) in [4.78, 5) is 11.4. The van der Waals surface area contributed by atoms with E-state index in [0.717, 1.165) is 37.5 Å². The number of hydrogen-bond acceptors (Lipinski definition) is 4. The molecular formula is C21H30IN5O. The van der Waals surface area contributed by atoms with Crippen LogP contribution in [0, 0.1) is 0 Å². The van der Waals surface area contributed by atoms with Crippen molar-refractivity contribution >= 4 is 29.9 Å². The number of hydrogen-bond donors (Lipinski definition) is 2. The zero-order valence-corrected chi connectivity index (χ0v) is 18.7. The van der Waals surface area contributed by atoms with E-state index in [0.29, 0.717) is 12.5 Å². The molecule has 0 aliphatic carbocycles. The minimum atomic E-state index is 0. The Hall–Kier alpha value is -1.87. The molecule has 28 heavy (non-hydrogen) atoms. The summed E-state index contributed by atoms with van der Waals surface area (Å²) >= 11 is 0. The first kappa shape index (κ1) is 22.4. The highest BCUT2D eigenvalue weighted by Gasteiger charge is 2.23. The number of nitrogens with two attached hydrogens (primary N) is 1. The molecule has 0 radical (unpaired) electrons. The molecule has 1 unspecified atom stereocenters. The number of aromatic nitrogens is 1. The largest absolute Gasteiger partial charge is 0.497 e. The minimum Gasteiger partial charge on any atom is -0.497 e. The van der Waals surface area contributed by atoms with Crippen LogP contribution in [-0.2, 0) is 6.42 Å². The number of ether oxygens (including phenoxy) is 1. The van der Waals surface area contributed by atoms with Crippen LogP contribution in [0.5, 0.6) is 5.75 Å². The topological polar surface area (TPSA) is 75.8 Å². The summed E-state index contributed by atoms with van der Waals surface area (Å²) in [6.07, 6.45) is 5.11. The molecular weight excluding hydrogens is 465 g/mol. The summed E-state index contributed by atoms with van der Waals surface area (Å²) in [6.45, 7) is 3.56. The number of likely N-dealkylation sites (tertiary alicyclic amines) is 1. The number of nitrogens with one attached hydrogen (secondary N) is 1. The maximum atomic E-state index is 6.09. The molecule has 3 rings (SSSR count). The number of rotatable bonds is 8. The van der Waals surface area contributed by atoms with Gasteiger partial charge in [0, 0.05) is 24.9 Å². The van der Waals surface area contributed by atoms with Crippen LogP contribution in [0.2, 0.25) is 0 Å². The molecule has 2 heterocycles. The normalized spacial score (nSPS) is 15.7. The number of guanidine groups is 1. The number of aliphatic imine (C=N–C) groups is 1. The number of pyridine rings is 1. The van der Waals surface area contributed by atoms with Gasteiger partial charge < -0.3 is 15.8 Å². The maximum absolute atomic E-state index is 6.09. The molecule has 1 aliphatic rings. The molecule has 2 aromatic rings. The van der Waals surface area contributed by atoms with Gasteiger partial charge in [0.1, 0.15) is 5.75 Å². The van der Waals surface area contributed by atoms with Crippen molar-refractivity contribution in [2.45, 2.75) is 25.3 Å². The third kappa shape index (κ3) is 6.63. The predicted octanol–water partition coefficient (Wildman–Crippen LogP) is 2.99. The molecule has 1 aliphatic heterocycles. The highest BCUT2D eigenvalue weighted by atomic mass is 127. The van der Waals surface area contributed by atoms with Crippen molar-refractivity contribution in [1.29, 1.82) is 0 Å². The van der Waals surface area contributed by atoms with Crippen LogP contribution in [0.3, 0.4) is 0 Å². The second-order valence-electron chi connectivity index (χ2n) is 6.76. The molecule has 1 aromatic heterocycles. The first-order chi connectivity index (χ1) is 13.3. The van der Waals surface area contributed by atoms with E-state index >= 15 is 0 Å². The number of benzene rings is 1. The average Bonchev–Trinajstić information content (AvgIpc) is 3.24. The fraction of sp³-hybridized carbons (Fsp3) is 0.429. The first-order valence-electron chi connectivity index (χ1n) is 9.58. The predicted molar refractivity (Wildman–Crippen MR) is 124 cm³/mol. The van der Waals surface area contributed by atoms with Gasteiger partial charge in [0.15, 0.2) is 5.96 Å². The van der Waals surface area contributed by atoms with Gasteiger partial charge in [-0.1, -0.05) is 18.2 Å². The van der Waals surface area contributed by atoms with Crippen molar-refractivity contribution in [3.63, 3.8) is 0 Å². The van der Waals surface area contributed by atoms with Crippen molar-refractivity contribution in [3.05, 3.63) is 59.9 Å². The van der Waals surface area contributed by atoms with E-state index in [2.05, 4.69) is 32.3 Å². The molecule has 0 bridgehead atoms. The Morgan fingerprint density at radius 3 is 2.79 bits per heavy atom. The summed E-state index contributed by atoms with van der Waals surface area (Å²) in [5.74, 6) is 1.36. The molecule has 3 N–H and O–H groups in total. The van der Waals surface area contributed by atoms with Crippen molar-refractivity contribution in [2.24, 2.45) is 10.7 Å². The summed E-state index contributed by atoms with van der Waals surface area (Å²) in [6, 6.07) is 14.4. The van der Waals surface area contributed by atoms with Crippen molar-refractivity contribution in [2.75, 3.05) is 33.3 Å². The van der Waals surface area contributed by atoms with Gasteiger partial charge in [-0.05, 0) is 55.8 Å². The van der Waals surface area contributed by atoms with E-state index < -0.39 is 0 Å². The highest BCUT2D eigenvalue weighted by Crippen LogP contribution is 2.27. The summed E-state index contributed by atoms with van der Waals surface area (Å²) in [5.41, 5.74) is 8.36. The smallest absolute Gasteiger partial charge is 0.188 e. The van der Waals surface area contributed by atoms with Crippen LogP contribution >= 0.6 is 24.0 Å². The number of nitrogens with zero attached hydrogens (tertiary/aromatic N) is 3. The van der Waals surface area contributed by atoms with Crippen LogP contribution in [-0.4, -0.2) is 49.1 Å². The van der Waals surface area contributed by atoms with Crippen molar-refractivity contribution in [3.8, 4) is 5.75 Å². The lowest BCUT2D eigenvalue weighted by molar-refractivity contribution is 0.251. The van der Waals surface area contributed by atoms with E-state index in [1.807, 2.05) is 36.5 Å². The molecule has 6 nitrogen and oxygen atoms in total. The van der Waals surface area contributed by atoms with Gasteiger partial charge in [-0.25, -0.2) is 0 Å². The van der Waals surface area contributed by atoms with Crippen LogP contribution < -0.4 is 15.8 Å². The Bertz CT molecular complexity index is 735. The Morgan fingerprint density at radius 2 is 2.07 bits per heavy atom. The average molecular weight is 495 g/mol. The van der Waals surface area contributed by atoms with Gasteiger partial charge in [-0.2, -0.15) is 0 Å². The molecule has 1 fully saturated rings. The van der Waals surface area contributed by atoms with Crippen molar-refractivity contribution in [1.82, 2.24) is 15.2 Å². The Kier molecular flexibility index (Phi) is 9.49. The van der Waals surface area contributed by atoms with Gasteiger partial charge >= 0.3 is 0 Å². The van der Waals surface area contributed by atoms with Crippen LogP contribution in [0.25, 0.3) is 0 Å². The molecule has 1 aromatic carbocycles. The van der Waals surface area contributed by atoms with E-state index in [4.69, 9.17) is 10.5 Å². The summed E-state index contributed by atoms with van der Waals surface area (Å²) in [7, 11) is 1.70. The molecule has 0 saturated carbocycles. The summed E-state index contributed by atoms with van der Waals surface area (Å²) < 4.78 is 5.39. The zero-order chi connectivity index (χ0) is 18.9. The lowest BCUT2D eigenvalue weighted by Gasteiger charge is -2.27. The standard InChI is InChI=1S/C21H29N5O.HI/c1-27-19-9-6-7-17(15-19)20(26-13-4-5-14-26)16-25-21(22)24-12-10-18-8-2-3-11-23-18;/h2-3,6-9,11,15,20H,4-5,10,12-14,16H2,1H3,(H3,22,24,25);1H. The molecule has 152 valence electrons. The van der Waals surface area contributed by atoms with Crippen LogP contribution in [0.15, 0.2) is 53.7 Å². The number of methoxy groups -OCH3 is 1. The molecule has 0 spiro atoms. The molecule has 1 saturated heterocycles. The Balaban J connectivity index is 0.00000280. The fourth-order valence-electron chi connectivity index (χ4n) is 3.44. The first-order valence-corrected chi connectivity index (χ1v) is 9.58. The molecule has 7 heteroatoms. The third-order valence-electron chi connectivity index (χ3n) is 4.91. The summed E-state index contributed by atoms with van der Waals surface area (Å²) in [5, 5.41) is 3.20. The Morgan fingerprint density at radius 1 is 1.25 bits per heavy atom. The lowest BCUT2D eigenvalue weighted by Crippen LogP contribution is -2.35. The Labute approximate surface area is 184 Å². The van der Waals surface area contributed by atoms with E-state index in [1.54, 1.807) is 7.11 Å². The zero-order valence-electron chi connectivity index (χ0n) is 16.4. The van der Waals surface area contributed by atoms with E-state index in [9.17, 15) is 0 Å². The quantitative estimate of drug-likeness (QED) is 0.335. The van der Waals surface area contributed by atoms with Gasteiger partial charge in [0.2, 0.25) is 0 Å². The fourth-order valence-corrected chi connectivity index (χ4v) is 3.44. The lowest BCUT2D eigenvalue weighted by atomic mass is 10.1. The second-order valence-corrected chi connectivity index (χ2v) is 6.76. The van der Waals surface area contributed by atoms with Gasteiger partial charge in [-0.15, -0.1) is 24.0 Å². The molecule has 1 atom stereocenters. The van der Waals surface area contributed by atoms with Gasteiger partial charge in [0.05, 0.1) is 19.7 Å².